The Hall–Kier alpha value is -2.71. The molecule has 152 valence electrons. The summed E-state index contributed by atoms with van der Waals surface area (Å²) in [6.07, 6.45) is 4.16. The molecule has 1 saturated heterocycles. The number of ether oxygens (including phenoxy) is 2. The summed E-state index contributed by atoms with van der Waals surface area (Å²) in [5.41, 5.74) is 0.778. The molecule has 9 heteroatoms. The lowest BCUT2D eigenvalue weighted by atomic mass is 10.1. The predicted molar refractivity (Wildman–Crippen MR) is 95.4 cm³/mol. The quantitative estimate of drug-likeness (QED) is 0.738. The summed E-state index contributed by atoms with van der Waals surface area (Å²) >= 11 is 0. The lowest BCUT2D eigenvalue weighted by Gasteiger charge is -2.12. The number of nitrogens with one attached hydrogen (secondary N) is 1. The molecule has 1 fully saturated rings. The minimum atomic E-state index is -2.92. The first-order chi connectivity index (χ1) is 13.5. The standard InChI is InChI=1S/C19H23F2N3O4/c1-2-26-15-9-12(7-8-14(15)27-19(20)21)10-16-23-18(28-24-16)11-13-5-3-4-6-17(25)22-13/h7-9,13,19H,2-6,10-11H2,1H3,(H,22,25). The monoisotopic (exact) mass is 395 g/mol. The van der Waals surface area contributed by atoms with Crippen molar-refractivity contribution in [3.05, 3.63) is 35.5 Å². The SMILES string of the molecule is CCOc1cc(Cc2noc(CC3CCCCC(=O)N3)n2)ccc1OC(F)F. The highest BCUT2D eigenvalue weighted by atomic mass is 19.3. The van der Waals surface area contributed by atoms with Crippen molar-refractivity contribution in [3.8, 4) is 11.5 Å². The van der Waals surface area contributed by atoms with Crippen LogP contribution in [0.3, 0.4) is 0 Å². The van der Waals surface area contributed by atoms with Crippen LogP contribution >= 0.6 is 0 Å². The van der Waals surface area contributed by atoms with E-state index in [1.165, 1.54) is 6.07 Å². The fourth-order valence-electron chi connectivity index (χ4n) is 3.16. The fourth-order valence-corrected chi connectivity index (χ4v) is 3.16. The predicted octanol–water partition coefficient (Wildman–Crippen LogP) is 3.26. The largest absolute Gasteiger partial charge is 0.490 e. The second kappa shape index (κ2) is 9.48. The zero-order chi connectivity index (χ0) is 19.9. The van der Waals surface area contributed by atoms with Crippen LogP contribution < -0.4 is 14.8 Å². The summed E-state index contributed by atoms with van der Waals surface area (Å²) in [5, 5.41) is 6.95. The zero-order valence-corrected chi connectivity index (χ0v) is 15.6. The minimum absolute atomic E-state index is 0.00126. The molecule has 1 unspecified atom stereocenters. The maximum absolute atomic E-state index is 12.5. The fraction of sp³-hybridized carbons (Fsp3) is 0.526. The average Bonchev–Trinajstić information content (AvgIpc) is 2.96. The van der Waals surface area contributed by atoms with Crippen molar-refractivity contribution in [1.29, 1.82) is 0 Å². The van der Waals surface area contributed by atoms with Crippen molar-refractivity contribution in [3.63, 3.8) is 0 Å². The number of halogens is 2. The number of hydrogen-bond acceptors (Lipinski definition) is 6. The highest BCUT2D eigenvalue weighted by Gasteiger charge is 2.20. The Balaban J connectivity index is 1.65. The number of amides is 1. The lowest BCUT2D eigenvalue weighted by Crippen LogP contribution is -2.34. The Labute approximate surface area is 161 Å². The smallest absolute Gasteiger partial charge is 0.387 e. The van der Waals surface area contributed by atoms with Gasteiger partial charge in [-0.15, -0.1) is 0 Å². The molecule has 1 aliphatic rings. The normalized spacial score (nSPS) is 17.3. The molecule has 2 heterocycles. The number of benzene rings is 1. The minimum Gasteiger partial charge on any atom is -0.490 e. The van der Waals surface area contributed by atoms with E-state index in [0.29, 0.717) is 37.6 Å². The Kier molecular flexibility index (Phi) is 6.78. The lowest BCUT2D eigenvalue weighted by molar-refractivity contribution is -0.121. The molecule has 1 atom stereocenters. The topological polar surface area (TPSA) is 86.5 Å². The van der Waals surface area contributed by atoms with Gasteiger partial charge in [-0.05, 0) is 37.5 Å². The molecule has 0 spiro atoms. The summed E-state index contributed by atoms with van der Waals surface area (Å²) in [6.45, 7) is -0.840. The van der Waals surface area contributed by atoms with Gasteiger partial charge in [-0.25, -0.2) is 0 Å². The van der Waals surface area contributed by atoms with Crippen LogP contribution in [0, 0.1) is 0 Å². The van der Waals surface area contributed by atoms with Crippen LogP contribution in [0.25, 0.3) is 0 Å². The number of alkyl halides is 2. The first-order valence-electron chi connectivity index (χ1n) is 9.35. The average molecular weight is 395 g/mol. The Morgan fingerprint density at radius 3 is 2.96 bits per heavy atom. The van der Waals surface area contributed by atoms with Gasteiger partial charge in [0.15, 0.2) is 17.3 Å². The van der Waals surface area contributed by atoms with E-state index in [2.05, 4.69) is 20.2 Å². The first-order valence-corrected chi connectivity index (χ1v) is 9.35. The molecule has 1 N–H and O–H groups in total. The van der Waals surface area contributed by atoms with Gasteiger partial charge in [0.2, 0.25) is 11.8 Å². The molecule has 0 saturated carbocycles. The van der Waals surface area contributed by atoms with Gasteiger partial charge in [-0.3, -0.25) is 4.79 Å². The molecule has 28 heavy (non-hydrogen) atoms. The Morgan fingerprint density at radius 1 is 1.32 bits per heavy atom. The van der Waals surface area contributed by atoms with Crippen molar-refractivity contribution < 1.29 is 27.6 Å². The van der Waals surface area contributed by atoms with Crippen molar-refractivity contribution in [1.82, 2.24) is 15.5 Å². The molecule has 1 aromatic heterocycles. The molecular weight excluding hydrogens is 372 g/mol. The molecule has 2 aromatic rings. The third kappa shape index (κ3) is 5.64. The molecule has 7 nitrogen and oxygen atoms in total. The summed E-state index contributed by atoms with van der Waals surface area (Å²) in [7, 11) is 0. The number of nitrogens with zero attached hydrogens (tertiary/aromatic N) is 2. The molecule has 1 aliphatic heterocycles. The number of hydrogen-bond donors (Lipinski definition) is 1. The summed E-state index contributed by atoms with van der Waals surface area (Å²) in [4.78, 5) is 16.0. The molecular formula is C19H23F2N3O4. The van der Waals surface area contributed by atoms with E-state index in [1.54, 1.807) is 19.1 Å². The van der Waals surface area contributed by atoms with Crippen LogP contribution in [-0.4, -0.2) is 35.3 Å². The zero-order valence-electron chi connectivity index (χ0n) is 15.6. The van der Waals surface area contributed by atoms with Gasteiger partial charge in [0, 0.05) is 25.3 Å². The summed E-state index contributed by atoms with van der Waals surface area (Å²) in [5.74, 6) is 1.21. The summed E-state index contributed by atoms with van der Waals surface area (Å²) < 4.78 is 40.1. The van der Waals surface area contributed by atoms with E-state index < -0.39 is 6.61 Å². The molecule has 0 bridgehead atoms. The number of aromatic nitrogens is 2. The summed E-state index contributed by atoms with van der Waals surface area (Å²) in [6, 6.07) is 4.72. The van der Waals surface area contributed by atoms with E-state index >= 15 is 0 Å². The second-order valence-corrected chi connectivity index (χ2v) is 6.59. The van der Waals surface area contributed by atoms with Crippen molar-refractivity contribution in [2.24, 2.45) is 0 Å². The van der Waals surface area contributed by atoms with Gasteiger partial charge < -0.3 is 19.3 Å². The maximum atomic E-state index is 12.5. The van der Waals surface area contributed by atoms with Crippen molar-refractivity contribution in [2.75, 3.05) is 6.61 Å². The Bertz CT molecular complexity index is 797. The molecule has 1 aromatic carbocycles. The number of rotatable bonds is 8. The van der Waals surface area contributed by atoms with Crippen LogP contribution in [0.5, 0.6) is 11.5 Å². The molecule has 0 radical (unpaired) electrons. The van der Waals surface area contributed by atoms with Gasteiger partial charge >= 0.3 is 6.61 Å². The number of carbonyl (C=O) groups is 1. The van der Waals surface area contributed by atoms with E-state index in [1.807, 2.05) is 0 Å². The van der Waals surface area contributed by atoms with Gasteiger partial charge in [0.1, 0.15) is 0 Å². The van der Waals surface area contributed by atoms with Crippen molar-refractivity contribution in [2.45, 2.75) is 58.1 Å². The van der Waals surface area contributed by atoms with Crippen LogP contribution in [0.4, 0.5) is 8.78 Å². The van der Waals surface area contributed by atoms with E-state index in [0.717, 1.165) is 24.8 Å². The molecule has 3 rings (SSSR count). The van der Waals surface area contributed by atoms with Crippen LogP contribution in [0.1, 0.15) is 49.9 Å². The molecule has 0 aliphatic carbocycles. The van der Waals surface area contributed by atoms with E-state index in [-0.39, 0.29) is 23.4 Å². The van der Waals surface area contributed by atoms with Crippen molar-refractivity contribution >= 4 is 5.91 Å². The highest BCUT2D eigenvalue weighted by Crippen LogP contribution is 2.30. The first kappa shape index (κ1) is 20.0. The number of carbonyl (C=O) groups excluding carboxylic acids is 1. The molecule has 1 amide bonds. The third-order valence-corrected chi connectivity index (χ3v) is 4.39. The van der Waals surface area contributed by atoms with E-state index in [9.17, 15) is 13.6 Å². The van der Waals surface area contributed by atoms with Gasteiger partial charge in [0.05, 0.1) is 6.61 Å². The van der Waals surface area contributed by atoms with Crippen LogP contribution in [0.15, 0.2) is 22.7 Å². The highest BCUT2D eigenvalue weighted by molar-refractivity contribution is 5.76. The Morgan fingerprint density at radius 2 is 2.18 bits per heavy atom. The maximum Gasteiger partial charge on any atom is 0.387 e. The van der Waals surface area contributed by atoms with Gasteiger partial charge in [-0.2, -0.15) is 13.8 Å². The van der Waals surface area contributed by atoms with E-state index in [4.69, 9.17) is 9.26 Å². The van der Waals surface area contributed by atoms with Crippen LogP contribution in [0.2, 0.25) is 0 Å². The van der Waals surface area contributed by atoms with Crippen LogP contribution in [-0.2, 0) is 17.6 Å². The third-order valence-electron chi connectivity index (χ3n) is 4.39. The van der Waals surface area contributed by atoms with Gasteiger partial charge in [0.25, 0.3) is 0 Å². The van der Waals surface area contributed by atoms with Gasteiger partial charge in [-0.1, -0.05) is 17.6 Å². The second-order valence-electron chi connectivity index (χ2n) is 6.59.